The lowest BCUT2D eigenvalue weighted by molar-refractivity contribution is -0.125. The zero-order valence-electron chi connectivity index (χ0n) is 19.4. The van der Waals surface area contributed by atoms with Gasteiger partial charge in [-0.3, -0.25) is 4.79 Å². The molecule has 7 nitrogen and oxygen atoms in total. The molecule has 7 heteroatoms. The largest absolute Gasteiger partial charge is 0.494 e. The lowest BCUT2D eigenvalue weighted by Gasteiger charge is -2.32. The van der Waals surface area contributed by atoms with E-state index in [0.717, 1.165) is 59.8 Å². The van der Waals surface area contributed by atoms with Gasteiger partial charge in [-0.25, -0.2) is 9.50 Å². The SMILES string of the molecule is CCOc1cccc(CNC(=O)C2CCN(c3nccn4nc(-c5ccccc5)cc34)CC2)c1. The van der Waals surface area contributed by atoms with Crippen LogP contribution in [0, 0.1) is 5.92 Å². The Balaban J connectivity index is 1.22. The molecule has 0 bridgehead atoms. The highest BCUT2D eigenvalue weighted by Gasteiger charge is 2.26. The molecule has 0 radical (unpaired) electrons. The predicted molar refractivity (Wildman–Crippen MR) is 133 cm³/mol. The summed E-state index contributed by atoms with van der Waals surface area (Å²) in [7, 11) is 0. The number of piperidine rings is 1. The molecule has 2 aromatic heterocycles. The highest BCUT2D eigenvalue weighted by atomic mass is 16.5. The van der Waals surface area contributed by atoms with Gasteiger partial charge in [0, 0.05) is 43.5 Å². The van der Waals surface area contributed by atoms with E-state index in [1.54, 1.807) is 6.20 Å². The first-order valence-electron chi connectivity index (χ1n) is 11.9. The van der Waals surface area contributed by atoms with Crippen LogP contribution < -0.4 is 15.0 Å². The Hall–Kier alpha value is -3.87. The molecule has 0 spiro atoms. The highest BCUT2D eigenvalue weighted by molar-refractivity contribution is 5.79. The van der Waals surface area contributed by atoms with Gasteiger partial charge in [0.05, 0.1) is 12.3 Å². The van der Waals surface area contributed by atoms with E-state index < -0.39 is 0 Å². The van der Waals surface area contributed by atoms with Crippen molar-refractivity contribution in [1.82, 2.24) is 19.9 Å². The number of fused-ring (bicyclic) bond motifs is 1. The van der Waals surface area contributed by atoms with E-state index >= 15 is 0 Å². The van der Waals surface area contributed by atoms with Crippen molar-refractivity contribution in [2.24, 2.45) is 5.92 Å². The van der Waals surface area contributed by atoms with Crippen LogP contribution in [-0.2, 0) is 11.3 Å². The summed E-state index contributed by atoms with van der Waals surface area (Å²) in [5.74, 6) is 1.88. The smallest absolute Gasteiger partial charge is 0.223 e. The second kappa shape index (κ2) is 9.95. The normalized spacial score (nSPS) is 14.3. The van der Waals surface area contributed by atoms with Crippen LogP contribution in [0.3, 0.4) is 0 Å². The third-order valence-corrected chi connectivity index (χ3v) is 6.28. The molecule has 1 aliphatic heterocycles. The van der Waals surface area contributed by atoms with E-state index in [1.807, 2.05) is 60.1 Å². The van der Waals surface area contributed by atoms with Gasteiger partial charge in [-0.15, -0.1) is 0 Å². The second-order valence-electron chi connectivity index (χ2n) is 8.54. The molecule has 0 saturated carbocycles. The van der Waals surface area contributed by atoms with Crippen molar-refractivity contribution in [3.63, 3.8) is 0 Å². The van der Waals surface area contributed by atoms with Gasteiger partial charge in [0.25, 0.3) is 0 Å². The molecule has 2 aromatic carbocycles. The number of hydrogen-bond acceptors (Lipinski definition) is 5. The Labute approximate surface area is 199 Å². The maximum atomic E-state index is 12.8. The minimum Gasteiger partial charge on any atom is -0.494 e. The van der Waals surface area contributed by atoms with Crippen LogP contribution in [-0.4, -0.2) is 40.2 Å². The van der Waals surface area contributed by atoms with Crippen molar-refractivity contribution in [3.05, 3.63) is 78.6 Å². The van der Waals surface area contributed by atoms with E-state index in [0.29, 0.717) is 13.2 Å². The molecule has 0 aliphatic carbocycles. The first-order chi connectivity index (χ1) is 16.7. The first-order valence-corrected chi connectivity index (χ1v) is 11.9. The van der Waals surface area contributed by atoms with Gasteiger partial charge in [-0.05, 0) is 43.5 Å². The average Bonchev–Trinajstić information content (AvgIpc) is 3.33. The predicted octanol–water partition coefficient (Wildman–Crippen LogP) is 4.33. The molecule has 3 heterocycles. The summed E-state index contributed by atoms with van der Waals surface area (Å²) in [5, 5.41) is 7.83. The number of benzene rings is 2. The molecule has 174 valence electrons. The number of nitrogens with one attached hydrogen (secondary N) is 1. The van der Waals surface area contributed by atoms with Crippen molar-refractivity contribution in [1.29, 1.82) is 0 Å². The Morgan fingerprint density at radius 2 is 1.91 bits per heavy atom. The maximum Gasteiger partial charge on any atom is 0.223 e. The first kappa shape index (κ1) is 21.9. The van der Waals surface area contributed by atoms with E-state index in [-0.39, 0.29) is 11.8 Å². The number of anilines is 1. The number of carbonyl (C=O) groups excluding carboxylic acids is 1. The van der Waals surface area contributed by atoms with Gasteiger partial charge in [0.15, 0.2) is 5.82 Å². The number of ether oxygens (including phenoxy) is 1. The van der Waals surface area contributed by atoms with Crippen LogP contribution in [0.2, 0.25) is 0 Å². The Bertz CT molecular complexity index is 1260. The minimum absolute atomic E-state index is 0.0100. The molecular formula is C27H29N5O2. The van der Waals surface area contributed by atoms with E-state index in [1.165, 1.54) is 0 Å². The topological polar surface area (TPSA) is 71.8 Å². The molecule has 1 N–H and O–H groups in total. The lowest BCUT2D eigenvalue weighted by Crippen LogP contribution is -2.40. The molecule has 4 aromatic rings. The van der Waals surface area contributed by atoms with Gasteiger partial charge in [-0.2, -0.15) is 5.10 Å². The summed E-state index contributed by atoms with van der Waals surface area (Å²) in [6.07, 6.45) is 5.27. The highest BCUT2D eigenvalue weighted by Crippen LogP contribution is 2.28. The standard InChI is InChI=1S/C27H29N5O2/c1-2-34-23-10-6-7-20(17-23)19-29-27(33)22-11-14-31(15-12-22)26-25-18-24(21-8-4-3-5-9-21)30-32(25)16-13-28-26/h3-10,13,16-18,22H,2,11-12,14-15,19H2,1H3,(H,29,33). The van der Waals surface area contributed by atoms with Crippen LogP contribution in [0.15, 0.2) is 73.1 Å². The van der Waals surface area contributed by atoms with E-state index in [4.69, 9.17) is 9.84 Å². The third kappa shape index (κ3) is 4.73. The fraction of sp³-hybridized carbons (Fsp3) is 0.296. The van der Waals surface area contributed by atoms with Crippen LogP contribution in [0.1, 0.15) is 25.3 Å². The Morgan fingerprint density at radius 3 is 2.71 bits per heavy atom. The average molecular weight is 456 g/mol. The van der Waals surface area contributed by atoms with Crippen molar-refractivity contribution in [2.75, 3.05) is 24.6 Å². The van der Waals surface area contributed by atoms with Crippen molar-refractivity contribution < 1.29 is 9.53 Å². The van der Waals surface area contributed by atoms with Gasteiger partial charge in [-0.1, -0.05) is 42.5 Å². The fourth-order valence-corrected chi connectivity index (χ4v) is 4.50. The lowest BCUT2D eigenvalue weighted by atomic mass is 9.95. The van der Waals surface area contributed by atoms with Crippen molar-refractivity contribution in [3.8, 4) is 17.0 Å². The number of hydrogen-bond donors (Lipinski definition) is 1. The summed E-state index contributed by atoms with van der Waals surface area (Å²) >= 11 is 0. The van der Waals surface area contributed by atoms with Gasteiger partial charge >= 0.3 is 0 Å². The Morgan fingerprint density at radius 1 is 1.09 bits per heavy atom. The molecule has 1 amide bonds. The third-order valence-electron chi connectivity index (χ3n) is 6.28. The van der Waals surface area contributed by atoms with Crippen LogP contribution in [0.25, 0.3) is 16.8 Å². The Kier molecular flexibility index (Phi) is 6.42. The minimum atomic E-state index is 0.0100. The molecular weight excluding hydrogens is 426 g/mol. The van der Waals surface area contributed by atoms with Crippen molar-refractivity contribution >= 4 is 17.2 Å². The number of nitrogens with zero attached hydrogens (tertiary/aromatic N) is 4. The number of rotatable bonds is 7. The summed E-state index contributed by atoms with van der Waals surface area (Å²) in [6, 6.07) is 20.1. The summed E-state index contributed by atoms with van der Waals surface area (Å²) in [4.78, 5) is 19.7. The quantitative estimate of drug-likeness (QED) is 0.449. The molecule has 0 atom stereocenters. The molecule has 5 rings (SSSR count). The van der Waals surface area contributed by atoms with E-state index in [9.17, 15) is 4.79 Å². The monoisotopic (exact) mass is 455 g/mol. The summed E-state index contributed by atoms with van der Waals surface area (Å²) in [5.41, 5.74) is 4.04. The fourth-order valence-electron chi connectivity index (χ4n) is 4.50. The van der Waals surface area contributed by atoms with Gasteiger partial charge < -0.3 is 15.0 Å². The summed E-state index contributed by atoms with van der Waals surface area (Å²) < 4.78 is 7.44. The van der Waals surface area contributed by atoms with Crippen LogP contribution in [0.4, 0.5) is 5.82 Å². The molecule has 1 aliphatic rings. The molecule has 1 fully saturated rings. The molecule has 34 heavy (non-hydrogen) atoms. The summed E-state index contributed by atoms with van der Waals surface area (Å²) in [6.45, 7) is 4.68. The van der Waals surface area contributed by atoms with Gasteiger partial charge in [0.1, 0.15) is 11.3 Å². The number of amides is 1. The molecule has 1 saturated heterocycles. The zero-order chi connectivity index (χ0) is 23.3. The number of aromatic nitrogens is 3. The maximum absolute atomic E-state index is 12.8. The van der Waals surface area contributed by atoms with Crippen LogP contribution in [0.5, 0.6) is 5.75 Å². The zero-order valence-corrected chi connectivity index (χ0v) is 19.4. The van der Waals surface area contributed by atoms with Crippen molar-refractivity contribution in [2.45, 2.75) is 26.3 Å². The van der Waals surface area contributed by atoms with Gasteiger partial charge in [0.2, 0.25) is 5.91 Å². The second-order valence-corrected chi connectivity index (χ2v) is 8.54. The van der Waals surface area contributed by atoms with Crippen LogP contribution >= 0.6 is 0 Å². The van der Waals surface area contributed by atoms with E-state index in [2.05, 4.69) is 33.4 Å². The molecule has 0 unspecified atom stereocenters. The number of carbonyl (C=O) groups is 1.